The van der Waals surface area contributed by atoms with Crippen LogP contribution < -0.4 is 0 Å². The van der Waals surface area contributed by atoms with Crippen LogP contribution in [0.1, 0.15) is 73.6 Å². The van der Waals surface area contributed by atoms with Crippen molar-refractivity contribution in [3.8, 4) is 0 Å². The van der Waals surface area contributed by atoms with Gasteiger partial charge in [-0.05, 0) is 81.1 Å². The Kier molecular flexibility index (Phi) is 4.94. The van der Waals surface area contributed by atoms with Gasteiger partial charge in [0.1, 0.15) is 0 Å². The Morgan fingerprint density at radius 1 is 1.06 bits per heavy atom. The maximum atomic E-state index is 12.4. The predicted octanol–water partition coefficient (Wildman–Crippen LogP) is 6.44. The minimum absolute atomic E-state index is 0.0576. The standard InChI is InChI=1S/C28H36O3/c1-18(2)8-7-11-25(4)12-15-28(31)23-10-9-20-19(3)24(30)22(29)16-21(20)27(23,6)14-13-26(28,5)17-25/h7-11,16,30-31H,12-15,17H2,1-6H3. The molecule has 4 atom stereocenters. The molecule has 0 aromatic rings. The molecule has 0 aromatic heterocycles. The normalized spacial score (nSPS) is 39.8. The van der Waals surface area contributed by atoms with Gasteiger partial charge in [-0.2, -0.15) is 0 Å². The summed E-state index contributed by atoms with van der Waals surface area (Å²) in [5.74, 6) is -0.487. The van der Waals surface area contributed by atoms with Crippen molar-refractivity contribution in [3.63, 3.8) is 0 Å². The molecule has 3 nitrogen and oxygen atoms in total. The maximum absolute atomic E-state index is 12.4. The minimum Gasteiger partial charge on any atom is -0.504 e. The third-order valence-electron chi connectivity index (χ3n) is 8.56. The molecule has 0 bridgehead atoms. The molecular weight excluding hydrogens is 384 g/mol. The van der Waals surface area contributed by atoms with Gasteiger partial charge in [-0.25, -0.2) is 0 Å². The molecule has 4 rings (SSSR count). The van der Waals surface area contributed by atoms with E-state index in [2.05, 4.69) is 58.9 Å². The zero-order valence-electron chi connectivity index (χ0n) is 19.8. The number of ketones is 1. The van der Waals surface area contributed by atoms with Crippen LogP contribution in [0.15, 0.2) is 70.1 Å². The molecule has 0 aromatic carbocycles. The Labute approximate surface area is 186 Å². The quantitative estimate of drug-likeness (QED) is 0.505. The van der Waals surface area contributed by atoms with Crippen molar-refractivity contribution in [3.05, 3.63) is 70.1 Å². The van der Waals surface area contributed by atoms with Crippen molar-refractivity contribution >= 4 is 5.78 Å². The van der Waals surface area contributed by atoms with Crippen LogP contribution in [0.4, 0.5) is 0 Å². The van der Waals surface area contributed by atoms with Gasteiger partial charge in [0.25, 0.3) is 0 Å². The van der Waals surface area contributed by atoms with E-state index in [-0.39, 0.29) is 27.8 Å². The summed E-state index contributed by atoms with van der Waals surface area (Å²) in [6, 6.07) is 0. The fourth-order valence-electron chi connectivity index (χ4n) is 6.61. The lowest BCUT2D eigenvalue weighted by Crippen LogP contribution is -2.60. The first-order chi connectivity index (χ1) is 14.4. The van der Waals surface area contributed by atoms with Gasteiger partial charge >= 0.3 is 0 Å². The van der Waals surface area contributed by atoms with Crippen LogP contribution in [0.3, 0.4) is 0 Å². The number of hydrogen-bond donors (Lipinski definition) is 2. The van der Waals surface area contributed by atoms with E-state index >= 15 is 0 Å². The van der Waals surface area contributed by atoms with Crippen molar-refractivity contribution in [2.75, 3.05) is 0 Å². The van der Waals surface area contributed by atoms with E-state index in [0.717, 1.165) is 42.4 Å². The van der Waals surface area contributed by atoms with E-state index in [1.54, 1.807) is 13.0 Å². The molecular formula is C28H36O3. The summed E-state index contributed by atoms with van der Waals surface area (Å²) in [5.41, 5.74) is 3.40. The van der Waals surface area contributed by atoms with Gasteiger partial charge in [0.15, 0.2) is 5.76 Å². The van der Waals surface area contributed by atoms with Gasteiger partial charge in [-0.1, -0.05) is 56.7 Å². The van der Waals surface area contributed by atoms with E-state index in [4.69, 9.17) is 0 Å². The molecule has 2 fully saturated rings. The van der Waals surface area contributed by atoms with Gasteiger partial charge in [0.05, 0.1) is 5.60 Å². The molecule has 0 aliphatic heterocycles. The lowest BCUT2D eigenvalue weighted by atomic mass is 9.44. The number of rotatable bonds is 2. The van der Waals surface area contributed by atoms with Gasteiger partial charge in [0, 0.05) is 16.4 Å². The van der Waals surface area contributed by atoms with Crippen LogP contribution in [0.25, 0.3) is 0 Å². The second kappa shape index (κ2) is 6.93. The SMILES string of the molecule is CC(C)=CC=CC1(C)CCC2(O)C3=CC=C4C(=CC(=O)C(O)=C4C)C3(C)CCC2(C)C1. The topological polar surface area (TPSA) is 57.5 Å². The summed E-state index contributed by atoms with van der Waals surface area (Å²) in [5, 5.41) is 22.4. The number of carbonyl (C=O) groups excluding carboxylic acids is 1. The van der Waals surface area contributed by atoms with E-state index in [9.17, 15) is 15.0 Å². The minimum atomic E-state index is -0.896. The van der Waals surface area contributed by atoms with E-state index in [1.165, 1.54) is 5.57 Å². The van der Waals surface area contributed by atoms with Crippen LogP contribution in [0, 0.1) is 16.2 Å². The predicted molar refractivity (Wildman–Crippen MR) is 126 cm³/mol. The fourth-order valence-corrected chi connectivity index (χ4v) is 6.61. The number of fused-ring (bicyclic) bond motifs is 5. The molecule has 3 heteroatoms. The highest BCUT2D eigenvalue weighted by atomic mass is 16.3. The Morgan fingerprint density at radius 3 is 2.45 bits per heavy atom. The summed E-state index contributed by atoms with van der Waals surface area (Å²) < 4.78 is 0. The molecule has 0 heterocycles. The molecule has 31 heavy (non-hydrogen) atoms. The average molecular weight is 421 g/mol. The smallest absolute Gasteiger partial charge is 0.220 e. The first-order valence-corrected chi connectivity index (χ1v) is 11.5. The molecule has 0 saturated heterocycles. The van der Waals surface area contributed by atoms with Crippen molar-refractivity contribution in [1.29, 1.82) is 0 Å². The number of hydrogen-bond acceptors (Lipinski definition) is 3. The first kappa shape index (κ1) is 22.1. The van der Waals surface area contributed by atoms with Crippen LogP contribution in [0.5, 0.6) is 0 Å². The molecule has 4 aliphatic rings. The summed E-state index contributed by atoms with van der Waals surface area (Å²) >= 11 is 0. The summed E-state index contributed by atoms with van der Waals surface area (Å²) in [7, 11) is 0. The van der Waals surface area contributed by atoms with Crippen LogP contribution in [0.2, 0.25) is 0 Å². The second-order valence-corrected chi connectivity index (χ2v) is 11.2. The Bertz CT molecular complexity index is 1030. The van der Waals surface area contributed by atoms with Crippen molar-refractivity contribution in [2.45, 2.75) is 79.2 Å². The first-order valence-electron chi connectivity index (χ1n) is 11.5. The largest absolute Gasteiger partial charge is 0.504 e. The molecule has 0 spiro atoms. The van der Waals surface area contributed by atoms with Gasteiger partial charge < -0.3 is 10.2 Å². The number of aliphatic hydroxyl groups is 2. The number of allylic oxidation sites excluding steroid dienone is 10. The Hall–Kier alpha value is -2.13. The maximum Gasteiger partial charge on any atom is 0.220 e. The molecule has 166 valence electrons. The lowest BCUT2D eigenvalue weighted by molar-refractivity contribution is -0.135. The van der Waals surface area contributed by atoms with Crippen LogP contribution >= 0.6 is 0 Å². The van der Waals surface area contributed by atoms with Gasteiger partial charge in [0.2, 0.25) is 5.78 Å². The Balaban J connectivity index is 1.76. The third-order valence-corrected chi connectivity index (χ3v) is 8.56. The second-order valence-electron chi connectivity index (χ2n) is 11.2. The zero-order chi connectivity index (χ0) is 22.8. The summed E-state index contributed by atoms with van der Waals surface area (Å²) in [6.07, 6.45) is 16.7. The van der Waals surface area contributed by atoms with Crippen molar-refractivity contribution in [1.82, 2.24) is 0 Å². The van der Waals surface area contributed by atoms with E-state index in [0.29, 0.717) is 12.0 Å². The molecule has 0 radical (unpaired) electrons. The average Bonchev–Trinajstić information content (AvgIpc) is 2.68. The third kappa shape index (κ3) is 3.16. The monoisotopic (exact) mass is 420 g/mol. The highest BCUT2D eigenvalue weighted by Gasteiger charge is 2.62. The van der Waals surface area contributed by atoms with Crippen LogP contribution in [-0.4, -0.2) is 21.6 Å². The molecule has 2 saturated carbocycles. The summed E-state index contributed by atoms with van der Waals surface area (Å²) in [4.78, 5) is 12.4. The van der Waals surface area contributed by atoms with Crippen LogP contribution in [-0.2, 0) is 4.79 Å². The molecule has 4 unspecified atom stereocenters. The number of carbonyl (C=O) groups is 1. The Morgan fingerprint density at radius 2 is 1.77 bits per heavy atom. The fraction of sp³-hybridized carbons (Fsp3) is 0.536. The van der Waals surface area contributed by atoms with Gasteiger partial charge in [-0.3, -0.25) is 4.79 Å². The zero-order valence-corrected chi connectivity index (χ0v) is 19.8. The summed E-state index contributed by atoms with van der Waals surface area (Å²) in [6.45, 7) is 12.7. The molecule has 4 aliphatic carbocycles. The lowest BCUT2D eigenvalue weighted by Gasteiger charge is -2.62. The molecule has 2 N–H and O–H groups in total. The molecule has 0 amide bonds. The van der Waals surface area contributed by atoms with Crippen molar-refractivity contribution < 1.29 is 15.0 Å². The number of aliphatic hydroxyl groups excluding tert-OH is 1. The van der Waals surface area contributed by atoms with Crippen molar-refractivity contribution in [2.24, 2.45) is 16.2 Å². The van der Waals surface area contributed by atoms with Gasteiger partial charge in [-0.15, -0.1) is 0 Å². The highest BCUT2D eigenvalue weighted by Crippen LogP contribution is 2.67. The van der Waals surface area contributed by atoms with E-state index in [1.807, 2.05) is 6.08 Å². The van der Waals surface area contributed by atoms with E-state index < -0.39 is 5.60 Å². The highest BCUT2D eigenvalue weighted by molar-refractivity contribution is 6.06.